The summed E-state index contributed by atoms with van der Waals surface area (Å²) in [4.78, 5) is 1.57. The molecule has 1 nitrogen and oxygen atoms in total. The van der Waals surface area contributed by atoms with Crippen molar-refractivity contribution in [2.75, 3.05) is 11.5 Å². The van der Waals surface area contributed by atoms with Crippen molar-refractivity contribution in [2.24, 2.45) is 0 Å². The van der Waals surface area contributed by atoms with Gasteiger partial charge in [0, 0.05) is 21.3 Å². The van der Waals surface area contributed by atoms with Gasteiger partial charge in [0.05, 0.1) is 10.8 Å². The molecular formula is C14H12F2OS2. The quantitative estimate of drug-likeness (QED) is 0.780. The summed E-state index contributed by atoms with van der Waals surface area (Å²) < 4.78 is 37.3. The van der Waals surface area contributed by atoms with E-state index in [-0.39, 0.29) is 11.6 Å². The van der Waals surface area contributed by atoms with Crippen molar-refractivity contribution in [1.29, 1.82) is 0 Å². The molecule has 1 unspecified atom stereocenters. The third kappa shape index (κ3) is 4.44. The molecule has 2 aromatic carbocycles. The molecule has 1 atom stereocenters. The molecule has 0 bridgehead atoms. The second kappa shape index (κ2) is 6.82. The van der Waals surface area contributed by atoms with Crippen LogP contribution in [0.4, 0.5) is 8.78 Å². The van der Waals surface area contributed by atoms with Crippen molar-refractivity contribution < 1.29 is 13.0 Å². The van der Waals surface area contributed by atoms with Crippen LogP contribution < -0.4 is 0 Å². The molecule has 0 N–H and O–H groups in total. The minimum absolute atomic E-state index is 0.265. The normalized spacial score (nSPS) is 12.3. The van der Waals surface area contributed by atoms with Crippen LogP contribution in [-0.2, 0) is 10.8 Å². The molecule has 2 aromatic rings. The number of thioether (sulfide) groups is 1. The van der Waals surface area contributed by atoms with Crippen LogP contribution >= 0.6 is 11.8 Å². The lowest BCUT2D eigenvalue weighted by molar-refractivity contribution is 0.626. The second-order valence-electron chi connectivity index (χ2n) is 3.81. The molecule has 100 valence electrons. The Morgan fingerprint density at radius 2 is 1.42 bits per heavy atom. The van der Waals surface area contributed by atoms with Crippen LogP contribution in [0.15, 0.2) is 58.3 Å². The van der Waals surface area contributed by atoms with Crippen molar-refractivity contribution in [3.8, 4) is 0 Å². The Morgan fingerprint density at radius 3 is 2.00 bits per heavy atom. The maximum Gasteiger partial charge on any atom is 0.123 e. The Morgan fingerprint density at radius 1 is 0.895 bits per heavy atom. The molecule has 0 amide bonds. The number of rotatable bonds is 5. The maximum absolute atomic E-state index is 12.7. The number of benzene rings is 2. The predicted octanol–water partition coefficient (Wildman–Crippen LogP) is 3.86. The van der Waals surface area contributed by atoms with E-state index in [1.54, 1.807) is 12.1 Å². The summed E-state index contributed by atoms with van der Waals surface area (Å²) in [6, 6.07) is 11.9. The first-order chi connectivity index (χ1) is 9.15. The SMILES string of the molecule is O=S(CCSc1ccc(F)cc1)c1ccc(F)cc1. The molecule has 0 spiro atoms. The minimum Gasteiger partial charge on any atom is -0.254 e. The zero-order valence-electron chi connectivity index (χ0n) is 10.0. The Kier molecular flexibility index (Phi) is 5.10. The summed E-state index contributed by atoms with van der Waals surface area (Å²) in [5.41, 5.74) is 0. The summed E-state index contributed by atoms with van der Waals surface area (Å²) in [6.45, 7) is 0. The lowest BCUT2D eigenvalue weighted by atomic mass is 10.4. The van der Waals surface area contributed by atoms with Crippen molar-refractivity contribution >= 4 is 22.6 Å². The van der Waals surface area contributed by atoms with Gasteiger partial charge in [-0.25, -0.2) is 8.78 Å². The average molecular weight is 298 g/mol. The molecule has 0 aromatic heterocycles. The van der Waals surface area contributed by atoms with E-state index in [1.807, 2.05) is 0 Å². The number of hydrogen-bond donors (Lipinski definition) is 0. The zero-order chi connectivity index (χ0) is 13.7. The molecule has 2 rings (SSSR count). The molecule has 0 aliphatic rings. The molecular weight excluding hydrogens is 286 g/mol. The molecule has 5 heteroatoms. The highest BCUT2D eigenvalue weighted by Crippen LogP contribution is 2.19. The first kappa shape index (κ1) is 14.2. The first-order valence-electron chi connectivity index (χ1n) is 5.67. The van der Waals surface area contributed by atoms with Gasteiger partial charge in [-0.05, 0) is 48.5 Å². The fraction of sp³-hybridized carbons (Fsp3) is 0.143. The van der Waals surface area contributed by atoms with Crippen molar-refractivity contribution in [1.82, 2.24) is 0 Å². The summed E-state index contributed by atoms with van der Waals surface area (Å²) in [7, 11) is -1.13. The smallest absolute Gasteiger partial charge is 0.123 e. The van der Waals surface area contributed by atoms with Gasteiger partial charge >= 0.3 is 0 Å². The van der Waals surface area contributed by atoms with Gasteiger partial charge in [0.25, 0.3) is 0 Å². The van der Waals surface area contributed by atoms with E-state index in [9.17, 15) is 13.0 Å². The van der Waals surface area contributed by atoms with Crippen LogP contribution in [0.2, 0.25) is 0 Å². The Bertz CT molecular complexity index is 553. The summed E-state index contributed by atoms with van der Waals surface area (Å²) in [6.07, 6.45) is 0. The Labute approximate surface area is 117 Å². The fourth-order valence-corrected chi connectivity index (χ4v) is 3.65. The van der Waals surface area contributed by atoms with E-state index in [0.717, 1.165) is 4.90 Å². The van der Waals surface area contributed by atoms with Crippen LogP contribution in [-0.4, -0.2) is 15.7 Å². The molecule has 0 saturated carbocycles. The van der Waals surface area contributed by atoms with Gasteiger partial charge in [0.2, 0.25) is 0 Å². The summed E-state index contributed by atoms with van der Waals surface area (Å²) >= 11 is 1.52. The summed E-state index contributed by atoms with van der Waals surface area (Å²) in [5.74, 6) is 0.546. The van der Waals surface area contributed by atoms with Crippen molar-refractivity contribution in [2.45, 2.75) is 9.79 Å². The predicted molar refractivity (Wildman–Crippen MR) is 74.8 cm³/mol. The summed E-state index contributed by atoms with van der Waals surface area (Å²) in [5, 5.41) is 0. The van der Waals surface area contributed by atoms with Crippen molar-refractivity contribution in [3.63, 3.8) is 0 Å². The van der Waals surface area contributed by atoms with Gasteiger partial charge in [0.1, 0.15) is 11.6 Å². The third-order valence-electron chi connectivity index (χ3n) is 2.43. The largest absolute Gasteiger partial charge is 0.254 e. The van der Waals surface area contributed by atoms with Gasteiger partial charge in [-0.2, -0.15) is 0 Å². The first-order valence-corrected chi connectivity index (χ1v) is 7.98. The van der Waals surface area contributed by atoms with E-state index < -0.39 is 10.8 Å². The minimum atomic E-state index is -1.13. The molecule has 0 heterocycles. The topological polar surface area (TPSA) is 17.1 Å². The molecule has 0 radical (unpaired) electrons. The molecule has 0 aliphatic heterocycles. The highest BCUT2D eigenvalue weighted by molar-refractivity contribution is 8.00. The third-order valence-corrected chi connectivity index (χ3v) is 5.07. The average Bonchev–Trinajstić information content (AvgIpc) is 2.41. The van der Waals surface area contributed by atoms with Crippen LogP contribution in [0.1, 0.15) is 0 Å². The van der Waals surface area contributed by atoms with E-state index in [4.69, 9.17) is 0 Å². The van der Waals surface area contributed by atoms with Gasteiger partial charge < -0.3 is 0 Å². The van der Waals surface area contributed by atoms with Gasteiger partial charge in [-0.3, -0.25) is 4.21 Å². The molecule has 0 fully saturated rings. The fourth-order valence-electron chi connectivity index (χ4n) is 1.47. The van der Waals surface area contributed by atoms with Crippen LogP contribution in [0, 0.1) is 11.6 Å². The molecule has 19 heavy (non-hydrogen) atoms. The van der Waals surface area contributed by atoms with E-state index in [1.165, 1.54) is 48.2 Å². The van der Waals surface area contributed by atoms with E-state index >= 15 is 0 Å². The second-order valence-corrected chi connectivity index (χ2v) is 6.54. The maximum atomic E-state index is 12.7. The highest BCUT2D eigenvalue weighted by Gasteiger charge is 2.04. The Hall–Kier alpha value is -1.20. The van der Waals surface area contributed by atoms with E-state index in [2.05, 4.69) is 0 Å². The molecule has 0 aliphatic carbocycles. The Balaban J connectivity index is 1.84. The van der Waals surface area contributed by atoms with Crippen LogP contribution in [0.25, 0.3) is 0 Å². The molecule has 0 saturated heterocycles. The van der Waals surface area contributed by atoms with Gasteiger partial charge in [-0.15, -0.1) is 11.8 Å². The van der Waals surface area contributed by atoms with Gasteiger partial charge in [0.15, 0.2) is 0 Å². The lowest BCUT2D eigenvalue weighted by Crippen LogP contribution is -2.00. The monoisotopic (exact) mass is 298 g/mol. The number of hydrogen-bond acceptors (Lipinski definition) is 2. The van der Waals surface area contributed by atoms with Gasteiger partial charge in [-0.1, -0.05) is 0 Å². The zero-order valence-corrected chi connectivity index (χ0v) is 11.6. The lowest BCUT2D eigenvalue weighted by Gasteiger charge is -2.03. The van der Waals surface area contributed by atoms with Crippen molar-refractivity contribution in [3.05, 3.63) is 60.2 Å². The van der Waals surface area contributed by atoms with Crippen LogP contribution in [0.3, 0.4) is 0 Å². The standard InChI is InChI=1S/C14H12F2OS2/c15-11-1-5-13(6-2-11)18-9-10-19(17)14-7-3-12(16)4-8-14/h1-8H,9-10H2. The highest BCUT2D eigenvalue weighted by atomic mass is 32.2. The number of halogens is 2. The van der Waals surface area contributed by atoms with E-state index in [0.29, 0.717) is 16.4 Å². The van der Waals surface area contributed by atoms with Crippen LogP contribution in [0.5, 0.6) is 0 Å².